The highest BCUT2D eigenvalue weighted by molar-refractivity contribution is 6.32. The number of rotatable bonds is 5. The first kappa shape index (κ1) is 13.6. The molecular formula is C14H15ClN2O2. The Morgan fingerprint density at radius 3 is 2.58 bits per heavy atom. The molecule has 2 rings (SSSR count). The normalized spacial score (nSPS) is 10.3. The van der Waals surface area contributed by atoms with Crippen LogP contribution in [0.1, 0.15) is 11.3 Å². The van der Waals surface area contributed by atoms with Crippen molar-refractivity contribution in [2.75, 3.05) is 7.11 Å². The molecule has 2 N–H and O–H groups in total. The standard InChI is InChI=1S/C14H15ClN2O2/c1-18-11-4-2-10(3-5-11)9-19-14-12(15)6-7-17-13(14)8-16/h2-7H,8-9,16H2,1H3. The second-order valence-corrected chi connectivity index (χ2v) is 4.32. The Balaban J connectivity index is 2.09. The lowest BCUT2D eigenvalue weighted by Crippen LogP contribution is -2.05. The fraction of sp³-hybridized carbons (Fsp3) is 0.214. The van der Waals surface area contributed by atoms with Crippen LogP contribution in [0.3, 0.4) is 0 Å². The van der Waals surface area contributed by atoms with Crippen LogP contribution in [-0.2, 0) is 13.2 Å². The molecule has 0 amide bonds. The molecule has 0 spiro atoms. The van der Waals surface area contributed by atoms with Gasteiger partial charge < -0.3 is 15.2 Å². The van der Waals surface area contributed by atoms with Crippen LogP contribution in [0.25, 0.3) is 0 Å². The van der Waals surface area contributed by atoms with Crippen LogP contribution in [0.2, 0.25) is 5.02 Å². The third kappa shape index (κ3) is 3.36. The minimum absolute atomic E-state index is 0.290. The highest BCUT2D eigenvalue weighted by Crippen LogP contribution is 2.27. The number of ether oxygens (including phenoxy) is 2. The third-order valence-corrected chi connectivity index (χ3v) is 2.96. The number of nitrogens with zero attached hydrogens (tertiary/aromatic N) is 1. The Labute approximate surface area is 117 Å². The molecule has 0 aliphatic carbocycles. The highest BCUT2D eigenvalue weighted by Gasteiger charge is 2.08. The van der Waals surface area contributed by atoms with Crippen LogP contribution in [0.15, 0.2) is 36.5 Å². The van der Waals surface area contributed by atoms with E-state index in [1.54, 1.807) is 19.4 Å². The molecule has 2 aromatic rings. The Hall–Kier alpha value is -1.78. The maximum Gasteiger partial charge on any atom is 0.161 e. The van der Waals surface area contributed by atoms with E-state index in [2.05, 4.69) is 4.98 Å². The summed E-state index contributed by atoms with van der Waals surface area (Å²) in [5, 5.41) is 0.518. The lowest BCUT2D eigenvalue weighted by molar-refractivity contribution is 0.301. The molecule has 0 atom stereocenters. The van der Waals surface area contributed by atoms with E-state index in [1.165, 1.54) is 0 Å². The second kappa shape index (κ2) is 6.41. The molecule has 1 aromatic carbocycles. The number of pyridine rings is 1. The van der Waals surface area contributed by atoms with Crippen LogP contribution < -0.4 is 15.2 Å². The van der Waals surface area contributed by atoms with Gasteiger partial charge in [-0.3, -0.25) is 4.98 Å². The van der Waals surface area contributed by atoms with Crippen molar-refractivity contribution in [1.29, 1.82) is 0 Å². The third-order valence-electron chi connectivity index (χ3n) is 2.67. The summed E-state index contributed by atoms with van der Waals surface area (Å²) in [6, 6.07) is 9.32. The number of halogens is 1. The minimum Gasteiger partial charge on any atom is -0.497 e. The first-order valence-electron chi connectivity index (χ1n) is 5.83. The average Bonchev–Trinajstić information content (AvgIpc) is 2.46. The number of hydrogen-bond acceptors (Lipinski definition) is 4. The molecule has 0 saturated carbocycles. The van der Waals surface area contributed by atoms with E-state index in [9.17, 15) is 0 Å². The van der Waals surface area contributed by atoms with Gasteiger partial charge >= 0.3 is 0 Å². The second-order valence-electron chi connectivity index (χ2n) is 3.91. The summed E-state index contributed by atoms with van der Waals surface area (Å²) >= 11 is 6.08. The zero-order valence-electron chi connectivity index (χ0n) is 10.6. The van der Waals surface area contributed by atoms with Gasteiger partial charge in [-0.05, 0) is 23.8 Å². The van der Waals surface area contributed by atoms with Crippen LogP contribution in [-0.4, -0.2) is 12.1 Å². The van der Waals surface area contributed by atoms with Gasteiger partial charge in [0.05, 0.1) is 17.8 Å². The van der Waals surface area contributed by atoms with Gasteiger partial charge in [-0.1, -0.05) is 23.7 Å². The Bertz CT molecular complexity index is 544. The molecule has 19 heavy (non-hydrogen) atoms. The molecule has 1 heterocycles. The molecule has 4 nitrogen and oxygen atoms in total. The molecule has 0 saturated heterocycles. The van der Waals surface area contributed by atoms with Crippen LogP contribution >= 0.6 is 11.6 Å². The quantitative estimate of drug-likeness (QED) is 0.914. The first-order chi connectivity index (χ1) is 9.24. The molecule has 0 aliphatic rings. The van der Waals surface area contributed by atoms with Gasteiger partial charge in [0.15, 0.2) is 5.75 Å². The summed E-state index contributed by atoms with van der Waals surface area (Å²) in [5.74, 6) is 1.35. The fourth-order valence-corrected chi connectivity index (χ4v) is 1.86. The minimum atomic E-state index is 0.290. The predicted molar refractivity (Wildman–Crippen MR) is 74.5 cm³/mol. The molecule has 100 valence electrons. The number of methoxy groups -OCH3 is 1. The van der Waals surface area contributed by atoms with Crippen LogP contribution in [0.4, 0.5) is 0 Å². The van der Waals surface area contributed by atoms with Crippen molar-refractivity contribution < 1.29 is 9.47 Å². The van der Waals surface area contributed by atoms with Gasteiger partial charge in [-0.25, -0.2) is 0 Å². The van der Waals surface area contributed by atoms with Crippen LogP contribution in [0.5, 0.6) is 11.5 Å². The topological polar surface area (TPSA) is 57.4 Å². The largest absolute Gasteiger partial charge is 0.497 e. The van der Waals surface area contributed by atoms with E-state index < -0.39 is 0 Å². The zero-order chi connectivity index (χ0) is 13.7. The molecule has 0 fully saturated rings. The van der Waals surface area contributed by atoms with Gasteiger partial charge in [0.25, 0.3) is 0 Å². The van der Waals surface area contributed by atoms with E-state index >= 15 is 0 Å². The highest BCUT2D eigenvalue weighted by atomic mass is 35.5. The number of benzene rings is 1. The van der Waals surface area contributed by atoms with Crippen molar-refractivity contribution in [3.63, 3.8) is 0 Å². The smallest absolute Gasteiger partial charge is 0.161 e. The summed E-state index contributed by atoms with van der Waals surface area (Å²) in [7, 11) is 1.63. The first-order valence-corrected chi connectivity index (χ1v) is 6.21. The van der Waals surface area contributed by atoms with E-state index in [0.29, 0.717) is 29.6 Å². The molecule has 0 aliphatic heterocycles. The van der Waals surface area contributed by atoms with Gasteiger partial charge in [-0.15, -0.1) is 0 Å². The molecule has 0 radical (unpaired) electrons. The van der Waals surface area contributed by atoms with E-state index in [0.717, 1.165) is 11.3 Å². The van der Waals surface area contributed by atoms with Crippen molar-refractivity contribution in [2.24, 2.45) is 5.73 Å². The van der Waals surface area contributed by atoms with Crippen molar-refractivity contribution in [3.8, 4) is 11.5 Å². The molecule has 0 bridgehead atoms. The number of aromatic nitrogens is 1. The van der Waals surface area contributed by atoms with E-state index in [1.807, 2.05) is 24.3 Å². The number of hydrogen-bond donors (Lipinski definition) is 1. The lowest BCUT2D eigenvalue weighted by Gasteiger charge is -2.11. The maximum absolute atomic E-state index is 6.08. The van der Waals surface area contributed by atoms with E-state index in [-0.39, 0.29) is 0 Å². The zero-order valence-corrected chi connectivity index (χ0v) is 11.4. The molecular weight excluding hydrogens is 264 g/mol. The molecule has 1 aromatic heterocycles. The number of nitrogens with two attached hydrogens (primary N) is 1. The van der Waals surface area contributed by atoms with Crippen molar-refractivity contribution >= 4 is 11.6 Å². The summed E-state index contributed by atoms with van der Waals surface area (Å²) in [6.07, 6.45) is 1.62. The monoisotopic (exact) mass is 278 g/mol. The molecule has 5 heteroatoms. The summed E-state index contributed by atoms with van der Waals surface area (Å²) in [4.78, 5) is 4.14. The van der Waals surface area contributed by atoms with Crippen molar-refractivity contribution in [2.45, 2.75) is 13.2 Å². The van der Waals surface area contributed by atoms with Crippen LogP contribution in [0, 0.1) is 0 Å². The summed E-state index contributed by atoms with van der Waals surface area (Å²) in [6.45, 7) is 0.695. The lowest BCUT2D eigenvalue weighted by atomic mass is 10.2. The maximum atomic E-state index is 6.08. The van der Waals surface area contributed by atoms with Gasteiger partial charge in [0, 0.05) is 12.7 Å². The predicted octanol–water partition coefficient (Wildman–Crippen LogP) is 2.78. The van der Waals surface area contributed by atoms with Crippen molar-refractivity contribution in [3.05, 3.63) is 52.8 Å². The van der Waals surface area contributed by atoms with Gasteiger partial charge in [0.2, 0.25) is 0 Å². The Kier molecular flexibility index (Phi) is 4.60. The molecule has 0 unspecified atom stereocenters. The Morgan fingerprint density at radius 1 is 1.21 bits per heavy atom. The Morgan fingerprint density at radius 2 is 1.95 bits per heavy atom. The summed E-state index contributed by atoms with van der Waals surface area (Å²) < 4.78 is 10.8. The van der Waals surface area contributed by atoms with Gasteiger partial charge in [-0.2, -0.15) is 0 Å². The summed E-state index contributed by atoms with van der Waals surface area (Å²) in [5.41, 5.74) is 7.28. The van der Waals surface area contributed by atoms with Gasteiger partial charge in [0.1, 0.15) is 12.4 Å². The SMILES string of the molecule is COc1ccc(COc2c(Cl)ccnc2CN)cc1. The van der Waals surface area contributed by atoms with E-state index in [4.69, 9.17) is 26.8 Å². The van der Waals surface area contributed by atoms with Crippen molar-refractivity contribution in [1.82, 2.24) is 4.98 Å². The average molecular weight is 279 g/mol. The fourth-order valence-electron chi connectivity index (χ4n) is 1.64.